The first kappa shape index (κ1) is 21.6. The van der Waals surface area contributed by atoms with Gasteiger partial charge in [-0.1, -0.05) is 12.1 Å². The van der Waals surface area contributed by atoms with E-state index >= 15 is 0 Å². The van der Waals surface area contributed by atoms with Crippen molar-refractivity contribution < 1.29 is 29.6 Å². The van der Waals surface area contributed by atoms with Crippen LogP contribution in [0.15, 0.2) is 24.3 Å². The highest BCUT2D eigenvalue weighted by atomic mass is 16.5. The van der Waals surface area contributed by atoms with Crippen molar-refractivity contribution >= 4 is 5.91 Å². The Morgan fingerprint density at radius 1 is 1.37 bits per heavy atom. The van der Waals surface area contributed by atoms with Crippen LogP contribution in [0.3, 0.4) is 0 Å². The standard InChI is InChI=1S/C19H30N2O6/c1-26-13-18(24)20-14-19(25)7-8-21(12-17(19)23)11-15-3-5-16(6-4-15)27-10-2-9-22/h3-6,17,22-23,25H,2,7-14H2,1H3,(H,20,24)/t17-,19-/m1/s1. The minimum absolute atomic E-state index is 0.00404. The van der Waals surface area contributed by atoms with Crippen molar-refractivity contribution in [3.63, 3.8) is 0 Å². The molecule has 0 aliphatic carbocycles. The number of carbonyl (C=O) groups is 1. The summed E-state index contributed by atoms with van der Waals surface area (Å²) in [4.78, 5) is 13.6. The predicted octanol–water partition coefficient (Wildman–Crippen LogP) is -0.492. The smallest absolute Gasteiger partial charge is 0.246 e. The Labute approximate surface area is 159 Å². The van der Waals surface area contributed by atoms with E-state index in [1.165, 1.54) is 7.11 Å². The van der Waals surface area contributed by atoms with Crippen LogP contribution in [0.4, 0.5) is 0 Å². The second-order valence-electron chi connectivity index (χ2n) is 6.88. The number of likely N-dealkylation sites (tertiary alicyclic amines) is 1. The zero-order chi connectivity index (χ0) is 19.7. The molecule has 1 aliphatic rings. The summed E-state index contributed by atoms with van der Waals surface area (Å²) in [5.41, 5.74) is -0.250. The van der Waals surface area contributed by atoms with Gasteiger partial charge in [0, 0.05) is 46.3 Å². The van der Waals surface area contributed by atoms with Gasteiger partial charge < -0.3 is 30.1 Å². The number of aliphatic hydroxyl groups is 3. The molecular weight excluding hydrogens is 352 g/mol. The number of amides is 1. The van der Waals surface area contributed by atoms with Crippen LogP contribution < -0.4 is 10.1 Å². The molecule has 2 rings (SSSR count). The molecule has 1 saturated heterocycles. The lowest BCUT2D eigenvalue weighted by atomic mass is 9.88. The van der Waals surface area contributed by atoms with Crippen LogP contribution in [-0.4, -0.2) is 84.4 Å². The van der Waals surface area contributed by atoms with E-state index in [4.69, 9.17) is 14.6 Å². The summed E-state index contributed by atoms with van der Waals surface area (Å²) in [6, 6.07) is 7.70. The molecule has 1 heterocycles. The predicted molar refractivity (Wildman–Crippen MR) is 99.4 cm³/mol. The largest absolute Gasteiger partial charge is 0.494 e. The topological polar surface area (TPSA) is 111 Å². The molecule has 1 fully saturated rings. The van der Waals surface area contributed by atoms with Gasteiger partial charge in [-0.3, -0.25) is 9.69 Å². The van der Waals surface area contributed by atoms with Crippen molar-refractivity contribution in [2.24, 2.45) is 0 Å². The molecule has 0 bridgehead atoms. The molecule has 1 aromatic carbocycles. The fourth-order valence-corrected chi connectivity index (χ4v) is 3.01. The molecule has 152 valence electrons. The lowest BCUT2D eigenvalue weighted by Gasteiger charge is -2.42. The lowest BCUT2D eigenvalue weighted by molar-refractivity contribution is -0.134. The van der Waals surface area contributed by atoms with Crippen molar-refractivity contribution in [3.8, 4) is 5.75 Å². The van der Waals surface area contributed by atoms with Crippen molar-refractivity contribution in [2.45, 2.75) is 31.1 Å². The first-order valence-corrected chi connectivity index (χ1v) is 9.18. The summed E-state index contributed by atoms with van der Waals surface area (Å²) >= 11 is 0. The third-order valence-corrected chi connectivity index (χ3v) is 4.68. The van der Waals surface area contributed by atoms with Crippen molar-refractivity contribution in [2.75, 3.05) is 46.6 Å². The minimum atomic E-state index is -1.33. The average molecular weight is 382 g/mol. The number of ether oxygens (including phenoxy) is 2. The number of methoxy groups -OCH3 is 1. The number of hydrogen-bond acceptors (Lipinski definition) is 7. The van der Waals surface area contributed by atoms with Crippen LogP contribution in [0.5, 0.6) is 5.75 Å². The molecule has 27 heavy (non-hydrogen) atoms. The minimum Gasteiger partial charge on any atom is -0.494 e. The monoisotopic (exact) mass is 382 g/mol. The van der Waals surface area contributed by atoms with Gasteiger partial charge >= 0.3 is 0 Å². The Kier molecular flexibility index (Phi) is 8.46. The Bertz CT molecular complexity index is 582. The molecule has 0 radical (unpaired) electrons. The van der Waals surface area contributed by atoms with Gasteiger partial charge in [-0.25, -0.2) is 0 Å². The Hall–Kier alpha value is -1.71. The maximum atomic E-state index is 11.5. The van der Waals surface area contributed by atoms with Crippen LogP contribution in [0.1, 0.15) is 18.4 Å². The Morgan fingerprint density at radius 2 is 2.11 bits per heavy atom. The number of β-amino-alcohol motifs (C(OH)–C–C–N with tert-alkyl or cyclic N) is 1. The van der Waals surface area contributed by atoms with Gasteiger partial charge in [0.1, 0.15) is 18.0 Å². The highest BCUT2D eigenvalue weighted by Gasteiger charge is 2.40. The zero-order valence-electron chi connectivity index (χ0n) is 15.8. The maximum absolute atomic E-state index is 11.5. The third kappa shape index (κ3) is 6.75. The van der Waals surface area contributed by atoms with Gasteiger partial charge in [0.05, 0.1) is 12.7 Å². The number of rotatable bonds is 10. The van der Waals surface area contributed by atoms with E-state index in [0.29, 0.717) is 39.1 Å². The zero-order valence-corrected chi connectivity index (χ0v) is 15.8. The van der Waals surface area contributed by atoms with Crippen LogP contribution in [0.2, 0.25) is 0 Å². The molecule has 0 unspecified atom stereocenters. The van der Waals surface area contributed by atoms with E-state index in [2.05, 4.69) is 10.2 Å². The number of nitrogens with one attached hydrogen (secondary N) is 1. The van der Waals surface area contributed by atoms with Crippen LogP contribution in [0.25, 0.3) is 0 Å². The number of aliphatic hydroxyl groups excluding tert-OH is 2. The Morgan fingerprint density at radius 3 is 2.74 bits per heavy atom. The van der Waals surface area contributed by atoms with Gasteiger partial charge in [-0.15, -0.1) is 0 Å². The third-order valence-electron chi connectivity index (χ3n) is 4.68. The van der Waals surface area contributed by atoms with E-state index in [1.807, 2.05) is 24.3 Å². The first-order valence-electron chi connectivity index (χ1n) is 9.18. The van der Waals surface area contributed by atoms with E-state index in [9.17, 15) is 15.0 Å². The molecule has 1 aromatic rings. The average Bonchev–Trinajstić information content (AvgIpc) is 2.65. The van der Waals surface area contributed by atoms with E-state index in [0.717, 1.165) is 11.3 Å². The van der Waals surface area contributed by atoms with Gasteiger partial charge in [0.15, 0.2) is 0 Å². The fraction of sp³-hybridized carbons (Fsp3) is 0.632. The summed E-state index contributed by atoms with van der Waals surface area (Å²) in [6.07, 6.45) is 0.0154. The number of hydrogen-bond donors (Lipinski definition) is 4. The van der Waals surface area contributed by atoms with Gasteiger partial charge in [0.2, 0.25) is 5.91 Å². The van der Waals surface area contributed by atoms with Crippen molar-refractivity contribution in [1.29, 1.82) is 0 Å². The summed E-state index contributed by atoms with van der Waals surface area (Å²) < 4.78 is 10.2. The molecule has 8 heteroatoms. The second kappa shape index (κ2) is 10.6. The molecule has 1 aliphatic heterocycles. The maximum Gasteiger partial charge on any atom is 0.246 e. The van der Waals surface area contributed by atoms with Gasteiger partial charge in [0.25, 0.3) is 0 Å². The number of nitrogens with zero attached hydrogens (tertiary/aromatic N) is 1. The van der Waals surface area contributed by atoms with Crippen LogP contribution in [-0.2, 0) is 16.1 Å². The second-order valence-corrected chi connectivity index (χ2v) is 6.88. The van der Waals surface area contributed by atoms with E-state index in [1.54, 1.807) is 0 Å². The number of piperidine rings is 1. The summed E-state index contributed by atoms with van der Waals surface area (Å²) in [5.74, 6) is 0.439. The molecule has 8 nitrogen and oxygen atoms in total. The van der Waals surface area contributed by atoms with Crippen molar-refractivity contribution in [3.05, 3.63) is 29.8 Å². The SMILES string of the molecule is COCC(=O)NC[C@]1(O)CCN(Cc2ccc(OCCCO)cc2)C[C@H]1O. The lowest BCUT2D eigenvalue weighted by Crippen LogP contribution is -2.60. The van der Waals surface area contributed by atoms with Gasteiger partial charge in [-0.05, 0) is 24.1 Å². The fourth-order valence-electron chi connectivity index (χ4n) is 3.01. The quantitative estimate of drug-likeness (QED) is 0.404. The summed E-state index contributed by atoms with van der Waals surface area (Å²) in [6.45, 7) is 2.11. The molecule has 0 saturated carbocycles. The molecule has 4 N–H and O–H groups in total. The highest BCUT2D eigenvalue weighted by molar-refractivity contribution is 5.77. The van der Waals surface area contributed by atoms with Crippen LogP contribution >= 0.6 is 0 Å². The first-order chi connectivity index (χ1) is 13.0. The summed E-state index contributed by atoms with van der Waals surface area (Å²) in [5, 5.41) is 32.3. The number of carbonyl (C=O) groups excluding carboxylic acids is 1. The molecule has 2 atom stereocenters. The van der Waals surface area contributed by atoms with E-state index < -0.39 is 11.7 Å². The van der Waals surface area contributed by atoms with E-state index in [-0.39, 0.29) is 25.7 Å². The summed E-state index contributed by atoms with van der Waals surface area (Å²) in [7, 11) is 1.43. The normalized spacial score (nSPS) is 23.2. The molecule has 0 spiro atoms. The highest BCUT2D eigenvalue weighted by Crippen LogP contribution is 2.24. The number of benzene rings is 1. The molecule has 0 aromatic heterocycles. The molecule has 1 amide bonds. The molecular formula is C19H30N2O6. The van der Waals surface area contributed by atoms with Gasteiger partial charge in [-0.2, -0.15) is 0 Å². The Balaban J connectivity index is 1.80. The van der Waals surface area contributed by atoms with Crippen molar-refractivity contribution in [1.82, 2.24) is 10.2 Å². The van der Waals surface area contributed by atoms with Crippen LogP contribution in [0, 0.1) is 0 Å².